The fraction of sp³-hybridized carbons (Fsp3) is 0.0769. The number of ether oxygens (including phenoxy) is 1. The molecule has 4 nitrogen and oxygen atoms in total. The van der Waals surface area contributed by atoms with E-state index < -0.39 is 10.7 Å². The van der Waals surface area contributed by atoms with E-state index in [1.807, 2.05) is 0 Å². The highest BCUT2D eigenvalue weighted by molar-refractivity contribution is 9.10. The number of halogens is 3. The number of nitro groups is 1. The molecule has 0 aliphatic heterocycles. The molecule has 0 amide bonds. The topological polar surface area (TPSA) is 52.4 Å². The highest BCUT2D eigenvalue weighted by Crippen LogP contribution is 2.27. The van der Waals surface area contributed by atoms with Crippen molar-refractivity contribution in [1.29, 1.82) is 0 Å². The number of rotatable bonds is 4. The monoisotopic (exact) mass is 359 g/mol. The van der Waals surface area contributed by atoms with E-state index in [9.17, 15) is 14.5 Å². The van der Waals surface area contributed by atoms with Gasteiger partial charge in [-0.1, -0.05) is 27.5 Å². The summed E-state index contributed by atoms with van der Waals surface area (Å²) in [5.74, 6) is -0.536. The summed E-state index contributed by atoms with van der Waals surface area (Å²) in [6.07, 6.45) is 0. The van der Waals surface area contributed by atoms with Crippen LogP contribution in [0.2, 0.25) is 5.02 Å². The minimum absolute atomic E-state index is 0.00801. The molecule has 0 fully saturated rings. The van der Waals surface area contributed by atoms with Gasteiger partial charge >= 0.3 is 0 Å². The van der Waals surface area contributed by atoms with Gasteiger partial charge in [-0.25, -0.2) is 4.39 Å². The lowest BCUT2D eigenvalue weighted by molar-refractivity contribution is -0.385. The molecule has 0 aromatic heterocycles. The number of nitrogens with zero attached hydrogens (tertiary/aromatic N) is 1. The van der Waals surface area contributed by atoms with Crippen molar-refractivity contribution in [2.45, 2.75) is 6.61 Å². The van der Waals surface area contributed by atoms with Crippen molar-refractivity contribution < 1.29 is 14.1 Å². The minimum Gasteiger partial charge on any atom is -0.486 e. The molecule has 0 atom stereocenters. The van der Waals surface area contributed by atoms with Crippen LogP contribution in [0, 0.1) is 15.9 Å². The Bertz CT molecular complexity index is 666. The van der Waals surface area contributed by atoms with Gasteiger partial charge in [0.15, 0.2) is 11.6 Å². The predicted octanol–water partition coefficient (Wildman–Crippen LogP) is 4.73. The van der Waals surface area contributed by atoms with Crippen molar-refractivity contribution in [1.82, 2.24) is 0 Å². The van der Waals surface area contributed by atoms with Crippen LogP contribution in [0.25, 0.3) is 0 Å². The Morgan fingerprint density at radius 1 is 1.30 bits per heavy atom. The molecule has 0 N–H and O–H groups in total. The van der Waals surface area contributed by atoms with Crippen molar-refractivity contribution in [3.63, 3.8) is 0 Å². The summed E-state index contributed by atoms with van der Waals surface area (Å²) in [5.41, 5.74) is 0.159. The molecule has 7 heteroatoms. The van der Waals surface area contributed by atoms with Crippen LogP contribution in [0.3, 0.4) is 0 Å². The van der Waals surface area contributed by atoms with Gasteiger partial charge in [0.1, 0.15) is 6.61 Å². The molecule has 0 spiro atoms. The maximum absolute atomic E-state index is 13.5. The molecule has 0 saturated carbocycles. The maximum atomic E-state index is 13.5. The van der Waals surface area contributed by atoms with Crippen molar-refractivity contribution >= 4 is 33.2 Å². The third-order valence-electron chi connectivity index (χ3n) is 2.51. The quantitative estimate of drug-likeness (QED) is 0.585. The Hall–Kier alpha value is -1.66. The Balaban J connectivity index is 2.24. The fourth-order valence-corrected chi connectivity index (χ4v) is 2.13. The molecule has 0 aliphatic rings. The number of benzene rings is 2. The largest absolute Gasteiger partial charge is 0.486 e. The van der Waals surface area contributed by atoms with Gasteiger partial charge in [0.05, 0.1) is 10.5 Å². The van der Waals surface area contributed by atoms with E-state index in [0.717, 1.165) is 0 Å². The summed E-state index contributed by atoms with van der Waals surface area (Å²) in [6.45, 7) is -0.149. The summed E-state index contributed by atoms with van der Waals surface area (Å²) in [6, 6.07) is 8.36. The van der Waals surface area contributed by atoms with E-state index in [2.05, 4.69) is 15.9 Å². The summed E-state index contributed by atoms with van der Waals surface area (Å²) in [4.78, 5) is 10.4. The van der Waals surface area contributed by atoms with E-state index in [1.165, 1.54) is 36.4 Å². The first-order chi connectivity index (χ1) is 9.47. The second-order valence-corrected chi connectivity index (χ2v) is 5.25. The fourth-order valence-electron chi connectivity index (χ4n) is 1.59. The predicted molar refractivity (Wildman–Crippen MR) is 76.5 cm³/mol. The third kappa shape index (κ3) is 3.46. The molecule has 0 bridgehead atoms. The van der Waals surface area contributed by atoms with Crippen LogP contribution in [-0.2, 0) is 6.61 Å². The Morgan fingerprint density at radius 3 is 2.75 bits per heavy atom. The standard InChI is InChI=1S/C13H8BrClFNO3/c14-9-1-3-11(16)13(6-9)20-7-8-5-10(15)2-4-12(8)17(18)19/h1-6H,7H2. The maximum Gasteiger partial charge on any atom is 0.276 e. The van der Waals surface area contributed by atoms with E-state index >= 15 is 0 Å². The lowest BCUT2D eigenvalue weighted by Gasteiger charge is -2.08. The van der Waals surface area contributed by atoms with Crippen LogP contribution in [0.4, 0.5) is 10.1 Å². The number of nitro benzene ring substituents is 1. The zero-order valence-electron chi connectivity index (χ0n) is 9.98. The normalized spacial score (nSPS) is 10.3. The molecular formula is C13H8BrClFNO3. The lowest BCUT2D eigenvalue weighted by atomic mass is 10.2. The first kappa shape index (κ1) is 14.7. The number of hydrogen-bond acceptors (Lipinski definition) is 3. The molecule has 2 aromatic carbocycles. The molecule has 20 heavy (non-hydrogen) atoms. The smallest absolute Gasteiger partial charge is 0.276 e. The van der Waals surface area contributed by atoms with Crippen molar-refractivity contribution in [3.05, 3.63) is 67.4 Å². The Morgan fingerprint density at radius 2 is 2.05 bits per heavy atom. The summed E-state index contributed by atoms with van der Waals surface area (Å²) in [7, 11) is 0. The van der Waals surface area contributed by atoms with E-state index in [1.54, 1.807) is 0 Å². The van der Waals surface area contributed by atoms with Gasteiger partial charge in [-0.2, -0.15) is 0 Å². The van der Waals surface area contributed by atoms with Crippen molar-refractivity contribution in [2.75, 3.05) is 0 Å². The van der Waals surface area contributed by atoms with E-state index in [-0.39, 0.29) is 23.6 Å². The molecule has 104 valence electrons. The summed E-state index contributed by atoms with van der Waals surface area (Å²) in [5, 5.41) is 11.2. The molecule has 2 aromatic rings. The van der Waals surface area contributed by atoms with Gasteiger partial charge in [-0.05, 0) is 30.3 Å². The zero-order valence-corrected chi connectivity index (χ0v) is 12.3. The molecule has 0 saturated heterocycles. The first-order valence-electron chi connectivity index (χ1n) is 5.48. The molecular weight excluding hydrogens is 353 g/mol. The lowest BCUT2D eigenvalue weighted by Crippen LogP contribution is -2.01. The molecule has 0 unspecified atom stereocenters. The van der Waals surface area contributed by atoms with Crippen LogP contribution >= 0.6 is 27.5 Å². The van der Waals surface area contributed by atoms with Crippen LogP contribution in [0.15, 0.2) is 40.9 Å². The Kier molecular flexibility index (Phi) is 4.57. The zero-order chi connectivity index (χ0) is 14.7. The van der Waals surface area contributed by atoms with Crippen LogP contribution in [0.5, 0.6) is 5.75 Å². The van der Waals surface area contributed by atoms with Gasteiger partial charge in [0.25, 0.3) is 5.69 Å². The average Bonchev–Trinajstić information content (AvgIpc) is 2.39. The van der Waals surface area contributed by atoms with Crippen LogP contribution in [-0.4, -0.2) is 4.92 Å². The number of hydrogen-bond donors (Lipinski definition) is 0. The van der Waals surface area contributed by atoms with Crippen LogP contribution < -0.4 is 4.74 Å². The third-order valence-corrected chi connectivity index (χ3v) is 3.24. The second-order valence-electron chi connectivity index (χ2n) is 3.89. The molecule has 2 rings (SSSR count). The first-order valence-corrected chi connectivity index (χ1v) is 6.65. The van der Waals surface area contributed by atoms with Gasteiger partial charge in [-0.15, -0.1) is 0 Å². The van der Waals surface area contributed by atoms with Crippen molar-refractivity contribution in [2.24, 2.45) is 0 Å². The minimum atomic E-state index is -0.544. The molecule has 0 radical (unpaired) electrons. The Labute approximate surface area is 127 Å². The van der Waals surface area contributed by atoms with Crippen molar-refractivity contribution in [3.8, 4) is 5.75 Å². The van der Waals surface area contributed by atoms with Gasteiger partial charge in [0.2, 0.25) is 0 Å². The highest BCUT2D eigenvalue weighted by Gasteiger charge is 2.15. The van der Waals surface area contributed by atoms with Gasteiger partial charge in [-0.3, -0.25) is 10.1 Å². The van der Waals surface area contributed by atoms with Crippen LogP contribution in [0.1, 0.15) is 5.56 Å². The molecule has 0 aliphatic carbocycles. The SMILES string of the molecule is O=[N+]([O-])c1ccc(Cl)cc1COc1cc(Br)ccc1F. The summed E-state index contributed by atoms with van der Waals surface area (Å²) >= 11 is 9.00. The van der Waals surface area contributed by atoms with Gasteiger partial charge in [0, 0.05) is 15.6 Å². The van der Waals surface area contributed by atoms with Gasteiger partial charge < -0.3 is 4.74 Å². The molecule has 0 heterocycles. The van der Waals surface area contributed by atoms with E-state index in [4.69, 9.17) is 16.3 Å². The van der Waals surface area contributed by atoms with E-state index in [0.29, 0.717) is 9.50 Å². The summed E-state index contributed by atoms with van der Waals surface area (Å²) < 4.78 is 19.4. The average molecular weight is 361 g/mol. The second kappa shape index (κ2) is 6.19. The highest BCUT2D eigenvalue weighted by atomic mass is 79.9.